The number of likely N-dealkylation sites (tertiary alicyclic amines) is 1. The molecule has 1 aliphatic heterocycles. The fourth-order valence-corrected chi connectivity index (χ4v) is 3.31. The second kappa shape index (κ2) is 6.64. The van der Waals surface area contributed by atoms with Crippen LogP contribution >= 0.6 is 0 Å². The summed E-state index contributed by atoms with van der Waals surface area (Å²) in [5.41, 5.74) is 1.06. The predicted octanol–water partition coefficient (Wildman–Crippen LogP) is 0.366. The Morgan fingerprint density at radius 1 is 1.45 bits per heavy atom. The van der Waals surface area contributed by atoms with Gasteiger partial charge in [0, 0.05) is 37.4 Å². The molecule has 2 heterocycles. The molecular weight excluding hydrogens is 283 g/mol. The Morgan fingerprint density at radius 3 is 2.75 bits per heavy atom. The minimum atomic E-state index is -3.12. The van der Waals surface area contributed by atoms with Gasteiger partial charge >= 0.3 is 0 Å². The van der Waals surface area contributed by atoms with E-state index in [1.165, 1.54) is 6.26 Å². The number of halogens is 1. The SMILES string of the molecule is CS(=O)(=O)NC1CCN(Cc2cnn(CCF)c2)CC1. The molecule has 0 bridgehead atoms. The van der Waals surface area contributed by atoms with Crippen LogP contribution in [0.3, 0.4) is 0 Å². The Hall–Kier alpha value is -0.990. The van der Waals surface area contributed by atoms with Crippen molar-refractivity contribution in [3.05, 3.63) is 18.0 Å². The highest BCUT2D eigenvalue weighted by Gasteiger charge is 2.21. The van der Waals surface area contributed by atoms with Gasteiger partial charge in [-0.15, -0.1) is 0 Å². The normalized spacial score (nSPS) is 18.5. The molecule has 0 saturated carbocycles. The first-order valence-corrected chi connectivity index (χ1v) is 8.62. The van der Waals surface area contributed by atoms with Crippen molar-refractivity contribution in [1.82, 2.24) is 19.4 Å². The molecule has 0 unspecified atom stereocenters. The molecule has 0 aliphatic carbocycles. The lowest BCUT2D eigenvalue weighted by Gasteiger charge is -2.31. The van der Waals surface area contributed by atoms with Gasteiger partial charge in [-0.1, -0.05) is 0 Å². The molecule has 0 atom stereocenters. The standard InChI is InChI=1S/C12H21FN4O2S/c1-20(18,19)15-12-2-5-16(6-3-12)9-11-8-14-17(10-11)7-4-13/h8,10,12,15H,2-7,9H2,1H3. The summed E-state index contributed by atoms with van der Waals surface area (Å²) in [7, 11) is -3.12. The highest BCUT2D eigenvalue weighted by Crippen LogP contribution is 2.14. The van der Waals surface area contributed by atoms with Gasteiger partial charge in [0.2, 0.25) is 10.0 Å². The van der Waals surface area contributed by atoms with E-state index in [1.807, 2.05) is 6.20 Å². The number of piperidine rings is 1. The van der Waals surface area contributed by atoms with Gasteiger partial charge in [0.05, 0.1) is 19.0 Å². The Morgan fingerprint density at radius 2 is 2.15 bits per heavy atom. The molecule has 0 radical (unpaired) electrons. The lowest BCUT2D eigenvalue weighted by atomic mass is 10.1. The Kier molecular flexibility index (Phi) is 5.11. The zero-order chi connectivity index (χ0) is 14.6. The first-order valence-electron chi connectivity index (χ1n) is 6.73. The number of aromatic nitrogens is 2. The van der Waals surface area contributed by atoms with Crippen LogP contribution in [0.25, 0.3) is 0 Å². The van der Waals surface area contributed by atoms with Gasteiger partial charge < -0.3 is 0 Å². The highest BCUT2D eigenvalue weighted by molar-refractivity contribution is 7.88. The molecule has 6 nitrogen and oxygen atoms in total. The minimum absolute atomic E-state index is 0.0375. The van der Waals surface area contributed by atoms with E-state index in [0.29, 0.717) is 6.54 Å². The van der Waals surface area contributed by atoms with Gasteiger partial charge in [-0.25, -0.2) is 17.5 Å². The third-order valence-corrected chi connectivity index (χ3v) is 4.14. The summed E-state index contributed by atoms with van der Waals surface area (Å²) in [5, 5.41) is 4.09. The van der Waals surface area contributed by atoms with Crippen molar-refractivity contribution in [1.29, 1.82) is 0 Å². The first kappa shape index (κ1) is 15.4. The summed E-state index contributed by atoms with van der Waals surface area (Å²) in [6.45, 7) is 2.35. The van der Waals surface area contributed by atoms with E-state index >= 15 is 0 Å². The molecule has 1 saturated heterocycles. The van der Waals surface area contributed by atoms with E-state index in [9.17, 15) is 12.8 Å². The Labute approximate surface area is 119 Å². The van der Waals surface area contributed by atoms with E-state index in [0.717, 1.165) is 38.0 Å². The van der Waals surface area contributed by atoms with Crippen LogP contribution in [-0.4, -0.2) is 55.2 Å². The molecule has 20 heavy (non-hydrogen) atoms. The average molecular weight is 304 g/mol. The smallest absolute Gasteiger partial charge is 0.208 e. The molecule has 1 fully saturated rings. The van der Waals surface area contributed by atoms with E-state index < -0.39 is 16.7 Å². The molecule has 8 heteroatoms. The number of nitrogens with one attached hydrogen (secondary N) is 1. The first-order chi connectivity index (χ1) is 9.46. The minimum Gasteiger partial charge on any atom is -0.299 e. The largest absolute Gasteiger partial charge is 0.299 e. The predicted molar refractivity (Wildman–Crippen MR) is 74.5 cm³/mol. The Balaban J connectivity index is 1.79. The van der Waals surface area contributed by atoms with Crippen LogP contribution in [0, 0.1) is 0 Å². The summed E-state index contributed by atoms with van der Waals surface area (Å²) < 4.78 is 38.8. The van der Waals surface area contributed by atoms with Crippen LogP contribution in [0.4, 0.5) is 4.39 Å². The highest BCUT2D eigenvalue weighted by atomic mass is 32.2. The van der Waals surface area contributed by atoms with E-state index in [4.69, 9.17) is 0 Å². The number of hydrogen-bond acceptors (Lipinski definition) is 4. The van der Waals surface area contributed by atoms with Crippen LogP contribution in [0.5, 0.6) is 0 Å². The third-order valence-electron chi connectivity index (χ3n) is 3.37. The van der Waals surface area contributed by atoms with Gasteiger partial charge in [-0.2, -0.15) is 5.10 Å². The van der Waals surface area contributed by atoms with Crippen LogP contribution in [-0.2, 0) is 23.1 Å². The van der Waals surface area contributed by atoms with Crippen LogP contribution in [0.1, 0.15) is 18.4 Å². The molecule has 1 N–H and O–H groups in total. The maximum Gasteiger partial charge on any atom is 0.208 e. The van der Waals surface area contributed by atoms with Crippen LogP contribution in [0.2, 0.25) is 0 Å². The van der Waals surface area contributed by atoms with Crippen molar-refractivity contribution < 1.29 is 12.8 Å². The maximum absolute atomic E-state index is 12.2. The number of aryl methyl sites for hydroxylation is 1. The summed E-state index contributed by atoms with van der Waals surface area (Å²) in [6.07, 6.45) is 6.44. The number of hydrogen-bond donors (Lipinski definition) is 1. The second-order valence-corrected chi connectivity index (χ2v) is 7.02. The quantitative estimate of drug-likeness (QED) is 0.824. The average Bonchev–Trinajstić information content (AvgIpc) is 2.78. The van der Waals surface area contributed by atoms with Gasteiger partial charge in [0.1, 0.15) is 6.67 Å². The van der Waals surface area contributed by atoms with Crippen molar-refractivity contribution in [2.45, 2.75) is 32.0 Å². The lowest BCUT2D eigenvalue weighted by Crippen LogP contribution is -2.43. The molecule has 114 valence electrons. The molecular formula is C12H21FN4O2S. The third kappa shape index (κ3) is 4.84. The fourth-order valence-electron chi connectivity index (χ4n) is 2.47. The van der Waals surface area contributed by atoms with E-state index in [2.05, 4.69) is 14.7 Å². The van der Waals surface area contributed by atoms with Gasteiger partial charge in [-0.3, -0.25) is 9.58 Å². The van der Waals surface area contributed by atoms with Crippen LogP contribution < -0.4 is 4.72 Å². The molecule has 1 aromatic heterocycles. The fraction of sp³-hybridized carbons (Fsp3) is 0.750. The second-order valence-electron chi connectivity index (χ2n) is 5.24. The van der Waals surface area contributed by atoms with E-state index in [-0.39, 0.29) is 6.04 Å². The summed E-state index contributed by atoms with van der Waals surface area (Å²) >= 11 is 0. The molecule has 1 aliphatic rings. The van der Waals surface area contributed by atoms with Crippen LogP contribution in [0.15, 0.2) is 12.4 Å². The van der Waals surface area contributed by atoms with Gasteiger partial charge in [-0.05, 0) is 12.8 Å². The molecule has 0 spiro atoms. The summed E-state index contributed by atoms with van der Waals surface area (Å²) in [6, 6.07) is 0.0375. The van der Waals surface area contributed by atoms with Crippen molar-refractivity contribution >= 4 is 10.0 Å². The number of rotatable bonds is 6. The van der Waals surface area contributed by atoms with E-state index in [1.54, 1.807) is 10.9 Å². The monoisotopic (exact) mass is 304 g/mol. The van der Waals surface area contributed by atoms with Crippen molar-refractivity contribution in [3.8, 4) is 0 Å². The van der Waals surface area contributed by atoms with Gasteiger partial charge in [0.25, 0.3) is 0 Å². The zero-order valence-corrected chi connectivity index (χ0v) is 12.4. The van der Waals surface area contributed by atoms with Crippen molar-refractivity contribution in [2.75, 3.05) is 26.0 Å². The summed E-state index contributed by atoms with van der Waals surface area (Å²) in [4.78, 5) is 2.26. The van der Waals surface area contributed by atoms with Crippen molar-refractivity contribution in [2.24, 2.45) is 0 Å². The zero-order valence-electron chi connectivity index (χ0n) is 11.6. The molecule has 0 amide bonds. The topological polar surface area (TPSA) is 67.2 Å². The lowest BCUT2D eigenvalue weighted by molar-refractivity contribution is 0.200. The number of sulfonamides is 1. The summed E-state index contributed by atoms with van der Waals surface area (Å²) in [5.74, 6) is 0. The number of nitrogens with zero attached hydrogens (tertiary/aromatic N) is 3. The van der Waals surface area contributed by atoms with Gasteiger partial charge in [0.15, 0.2) is 0 Å². The number of alkyl halides is 1. The van der Waals surface area contributed by atoms with Crippen molar-refractivity contribution in [3.63, 3.8) is 0 Å². The maximum atomic E-state index is 12.2. The molecule has 0 aromatic carbocycles. The molecule has 1 aromatic rings. The Bertz CT molecular complexity index is 523. The molecule has 2 rings (SSSR count).